The van der Waals surface area contributed by atoms with Crippen molar-refractivity contribution in [3.05, 3.63) is 118 Å². The van der Waals surface area contributed by atoms with Crippen molar-refractivity contribution in [1.82, 2.24) is 10.7 Å². The third-order valence-electron chi connectivity index (χ3n) is 5.09. The second-order valence-electron chi connectivity index (χ2n) is 7.47. The van der Waals surface area contributed by atoms with Gasteiger partial charge in [-0.2, -0.15) is 5.10 Å². The lowest BCUT2D eigenvalue weighted by molar-refractivity contribution is -0.126. The molecule has 0 fully saturated rings. The minimum atomic E-state index is -0.515. The second-order valence-corrected chi connectivity index (χ2v) is 8.39. The number of amides is 2. The molecule has 0 radical (unpaired) electrons. The van der Waals surface area contributed by atoms with Gasteiger partial charge < -0.3 is 9.73 Å². The molecule has 0 unspecified atom stereocenters. The topological polar surface area (TPSA) is 83.7 Å². The lowest BCUT2D eigenvalue weighted by Crippen LogP contribution is -2.37. The highest BCUT2D eigenvalue weighted by Gasteiger charge is 2.22. The van der Waals surface area contributed by atoms with Gasteiger partial charge in [-0.25, -0.2) is 5.43 Å². The van der Waals surface area contributed by atoms with Crippen LogP contribution in [0.4, 0.5) is 0 Å². The molecule has 0 aliphatic rings. The molecule has 7 heteroatoms. The summed E-state index contributed by atoms with van der Waals surface area (Å²) in [5, 5.41) is 6.63. The number of halogens is 1. The van der Waals surface area contributed by atoms with Crippen molar-refractivity contribution in [2.45, 2.75) is 5.92 Å². The molecule has 4 rings (SSSR count). The smallest absolute Gasteiger partial charge is 0.259 e. The summed E-state index contributed by atoms with van der Waals surface area (Å²) < 4.78 is 6.72. The standard InChI is InChI=1S/C27H22BrN3O3/c28-22-13-11-19(12-14-22)24-16-15-23(34-24)17-30-31-25(32)18-29-27(33)26(20-7-3-1-4-8-20)21-9-5-2-6-10-21/h1-17,26H,18H2,(H,29,33)(H,31,32)/b30-17-. The Balaban J connectivity index is 1.33. The van der Waals surface area contributed by atoms with Crippen LogP contribution in [0.25, 0.3) is 11.3 Å². The molecule has 170 valence electrons. The van der Waals surface area contributed by atoms with Gasteiger partial charge in [0.2, 0.25) is 5.91 Å². The molecule has 34 heavy (non-hydrogen) atoms. The number of nitrogens with zero attached hydrogens (tertiary/aromatic N) is 1. The fraction of sp³-hybridized carbons (Fsp3) is 0.0741. The Bertz CT molecular complexity index is 1230. The fourth-order valence-corrected chi connectivity index (χ4v) is 3.72. The molecule has 2 N–H and O–H groups in total. The molecule has 0 saturated heterocycles. The third-order valence-corrected chi connectivity index (χ3v) is 5.62. The number of hydrogen-bond acceptors (Lipinski definition) is 4. The van der Waals surface area contributed by atoms with E-state index in [9.17, 15) is 9.59 Å². The van der Waals surface area contributed by atoms with Crippen LogP contribution in [0.3, 0.4) is 0 Å². The Morgan fingerprint density at radius 3 is 2.09 bits per heavy atom. The summed E-state index contributed by atoms with van der Waals surface area (Å²) in [7, 11) is 0. The van der Waals surface area contributed by atoms with Gasteiger partial charge in [-0.15, -0.1) is 0 Å². The molecule has 0 saturated carbocycles. The maximum absolute atomic E-state index is 13.0. The Morgan fingerprint density at radius 2 is 1.47 bits per heavy atom. The van der Waals surface area contributed by atoms with E-state index < -0.39 is 11.8 Å². The zero-order valence-electron chi connectivity index (χ0n) is 18.1. The number of hydrazone groups is 1. The van der Waals surface area contributed by atoms with Crippen molar-refractivity contribution in [3.8, 4) is 11.3 Å². The van der Waals surface area contributed by atoms with E-state index in [1.165, 1.54) is 6.21 Å². The summed E-state index contributed by atoms with van der Waals surface area (Å²) in [4.78, 5) is 25.2. The molecule has 0 spiro atoms. The number of rotatable bonds is 8. The molecule has 2 amide bonds. The normalized spacial score (nSPS) is 11.0. The average Bonchev–Trinajstić information content (AvgIpc) is 3.34. The number of carbonyl (C=O) groups is 2. The van der Waals surface area contributed by atoms with Gasteiger partial charge >= 0.3 is 0 Å². The van der Waals surface area contributed by atoms with E-state index in [1.54, 1.807) is 6.07 Å². The van der Waals surface area contributed by atoms with E-state index in [1.807, 2.05) is 91.0 Å². The van der Waals surface area contributed by atoms with Gasteiger partial charge in [0.05, 0.1) is 18.7 Å². The Morgan fingerprint density at radius 1 is 0.853 bits per heavy atom. The Labute approximate surface area is 205 Å². The summed E-state index contributed by atoms with van der Waals surface area (Å²) in [6.45, 7) is -0.200. The van der Waals surface area contributed by atoms with Gasteiger partial charge in [0.15, 0.2) is 0 Å². The quantitative estimate of drug-likeness (QED) is 0.252. The first-order valence-corrected chi connectivity index (χ1v) is 11.4. The average molecular weight is 516 g/mol. The third kappa shape index (κ3) is 6.08. The van der Waals surface area contributed by atoms with Crippen molar-refractivity contribution in [2.75, 3.05) is 6.54 Å². The monoisotopic (exact) mass is 515 g/mol. The minimum absolute atomic E-state index is 0.200. The van der Waals surface area contributed by atoms with Crippen LogP contribution < -0.4 is 10.7 Å². The van der Waals surface area contributed by atoms with E-state index >= 15 is 0 Å². The number of furan rings is 1. The number of carbonyl (C=O) groups excluding carboxylic acids is 2. The van der Waals surface area contributed by atoms with Gasteiger partial charge in [0.1, 0.15) is 11.5 Å². The van der Waals surface area contributed by atoms with E-state index in [2.05, 4.69) is 31.8 Å². The van der Waals surface area contributed by atoms with Crippen LogP contribution in [0.5, 0.6) is 0 Å². The second kappa shape index (κ2) is 11.2. The largest absolute Gasteiger partial charge is 0.455 e. The first-order chi connectivity index (χ1) is 16.6. The molecular formula is C27H22BrN3O3. The number of nitrogens with one attached hydrogen (secondary N) is 2. The summed E-state index contributed by atoms with van der Waals surface area (Å²) in [5.74, 6) is -0.0272. The van der Waals surface area contributed by atoms with Gasteiger partial charge in [0.25, 0.3) is 5.91 Å². The molecule has 1 aromatic heterocycles. The maximum atomic E-state index is 13.0. The van der Waals surface area contributed by atoms with E-state index in [-0.39, 0.29) is 12.5 Å². The molecule has 0 aliphatic heterocycles. The lowest BCUT2D eigenvalue weighted by atomic mass is 9.90. The maximum Gasteiger partial charge on any atom is 0.259 e. The molecule has 0 bridgehead atoms. The highest BCUT2D eigenvalue weighted by atomic mass is 79.9. The lowest BCUT2D eigenvalue weighted by Gasteiger charge is -2.17. The zero-order chi connectivity index (χ0) is 23.8. The zero-order valence-corrected chi connectivity index (χ0v) is 19.7. The van der Waals surface area contributed by atoms with Crippen LogP contribution in [0, 0.1) is 0 Å². The van der Waals surface area contributed by atoms with Crippen LogP contribution in [-0.2, 0) is 9.59 Å². The first kappa shape index (κ1) is 23.2. The highest BCUT2D eigenvalue weighted by molar-refractivity contribution is 9.10. The summed E-state index contributed by atoms with van der Waals surface area (Å²) in [5.41, 5.74) is 5.04. The molecule has 0 aliphatic carbocycles. The molecule has 6 nitrogen and oxygen atoms in total. The summed E-state index contributed by atoms with van der Waals surface area (Å²) >= 11 is 3.41. The van der Waals surface area contributed by atoms with Crippen LogP contribution in [-0.4, -0.2) is 24.6 Å². The minimum Gasteiger partial charge on any atom is -0.455 e. The van der Waals surface area contributed by atoms with Crippen LogP contribution in [0.15, 0.2) is 111 Å². The van der Waals surface area contributed by atoms with Crippen LogP contribution in [0.1, 0.15) is 22.8 Å². The molecule has 1 heterocycles. The van der Waals surface area contributed by atoms with Gasteiger partial charge in [-0.1, -0.05) is 88.7 Å². The van der Waals surface area contributed by atoms with Crippen LogP contribution >= 0.6 is 15.9 Å². The SMILES string of the molecule is O=C(CNC(=O)C(c1ccccc1)c1ccccc1)N/N=C\c1ccc(-c2ccc(Br)cc2)o1. The van der Waals surface area contributed by atoms with E-state index in [4.69, 9.17) is 4.42 Å². The number of benzene rings is 3. The molecule has 3 aromatic carbocycles. The first-order valence-electron chi connectivity index (χ1n) is 10.7. The Hall–Kier alpha value is -3.97. The van der Waals surface area contributed by atoms with E-state index in [0.29, 0.717) is 11.5 Å². The molecular weight excluding hydrogens is 494 g/mol. The molecule has 4 aromatic rings. The summed E-state index contributed by atoms with van der Waals surface area (Å²) in [6.07, 6.45) is 1.42. The van der Waals surface area contributed by atoms with Gasteiger partial charge in [-0.05, 0) is 35.4 Å². The van der Waals surface area contributed by atoms with Gasteiger partial charge in [-0.3, -0.25) is 9.59 Å². The van der Waals surface area contributed by atoms with E-state index in [0.717, 1.165) is 21.2 Å². The van der Waals surface area contributed by atoms with Crippen molar-refractivity contribution in [2.24, 2.45) is 5.10 Å². The number of hydrogen-bond donors (Lipinski definition) is 2. The predicted molar refractivity (Wildman–Crippen MR) is 135 cm³/mol. The van der Waals surface area contributed by atoms with Gasteiger partial charge in [0, 0.05) is 10.0 Å². The predicted octanol–water partition coefficient (Wildman–Crippen LogP) is 5.11. The van der Waals surface area contributed by atoms with Crippen molar-refractivity contribution >= 4 is 34.0 Å². The van der Waals surface area contributed by atoms with Crippen LogP contribution in [0.2, 0.25) is 0 Å². The van der Waals surface area contributed by atoms with Crippen molar-refractivity contribution < 1.29 is 14.0 Å². The highest BCUT2D eigenvalue weighted by Crippen LogP contribution is 2.25. The van der Waals surface area contributed by atoms with Crippen molar-refractivity contribution in [1.29, 1.82) is 0 Å². The summed E-state index contributed by atoms with van der Waals surface area (Å²) in [6, 6.07) is 30.3. The fourth-order valence-electron chi connectivity index (χ4n) is 3.45. The molecule has 0 atom stereocenters. The van der Waals surface area contributed by atoms with Crippen molar-refractivity contribution in [3.63, 3.8) is 0 Å². The Kier molecular flexibility index (Phi) is 7.67.